The Hall–Kier alpha value is -2.14. The summed E-state index contributed by atoms with van der Waals surface area (Å²) in [5.41, 5.74) is 3.33. The van der Waals surface area contributed by atoms with Gasteiger partial charge in [0.05, 0.1) is 11.9 Å². The van der Waals surface area contributed by atoms with Gasteiger partial charge in [-0.1, -0.05) is 25.1 Å². The van der Waals surface area contributed by atoms with Gasteiger partial charge in [-0.15, -0.1) is 0 Å². The molecule has 0 aromatic heterocycles. The van der Waals surface area contributed by atoms with Crippen molar-refractivity contribution in [1.29, 1.82) is 0 Å². The molecule has 1 aromatic rings. The fourth-order valence-electron chi connectivity index (χ4n) is 1.49. The van der Waals surface area contributed by atoms with Crippen molar-refractivity contribution in [2.75, 3.05) is 0 Å². The van der Waals surface area contributed by atoms with Crippen LogP contribution in [0.5, 0.6) is 5.75 Å². The van der Waals surface area contributed by atoms with Gasteiger partial charge in [0.15, 0.2) is 11.6 Å². The van der Waals surface area contributed by atoms with Crippen molar-refractivity contribution in [1.82, 2.24) is 5.43 Å². The van der Waals surface area contributed by atoms with E-state index in [-0.39, 0.29) is 11.7 Å². The minimum Gasteiger partial charge on any atom is -0.436 e. The number of ether oxygens (including phenoxy) is 1. The zero-order chi connectivity index (χ0) is 13.0. The third-order valence-corrected chi connectivity index (χ3v) is 2.57. The summed E-state index contributed by atoms with van der Waals surface area (Å²) in [6.07, 6.45) is 5.14. The van der Waals surface area contributed by atoms with Gasteiger partial charge >= 0.3 is 0 Å². The first-order valence-corrected chi connectivity index (χ1v) is 5.56. The van der Waals surface area contributed by atoms with Gasteiger partial charge in [0.1, 0.15) is 0 Å². The maximum absolute atomic E-state index is 13.4. The van der Waals surface area contributed by atoms with E-state index < -0.39 is 5.82 Å². The molecule has 0 aliphatic carbocycles. The maximum atomic E-state index is 13.4. The maximum Gasteiger partial charge on any atom is 0.219 e. The summed E-state index contributed by atoms with van der Waals surface area (Å²) in [5.74, 6) is 5.50. The third kappa shape index (κ3) is 2.75. The molecular weight excluding hydrogens is 233 g/mol. The van der Waals surface area contributed by atoms with Crippen molar-refractivity contribution >= 4 is 5.90 Å². The van der Waals surface area contributed by atoms with Crippen LogP contribution in [0.2, 0.25) is 0 Å². The highest BCUT2D eigenvalue weighted by atomic mass is 19.1. The lowest BCUT2D eigenvalue weighted by Crippen LogP contribution is -2.24. The summed E-state index contributed by atoms with van der Waals surface area (Å²) in [4.78, 5) is 4.10. The average Bonchev–Trinajstić information content (AvgIpc) is 2.55. The lowest BCUT2D eigenvalue weighted by Gasteiger charge is -2.07. The first-order chi connectivity index (χ1) is 8.70. The molecule has 1 aliphatic rings. The van der Waals surface area contributed by atoms with E-state index in [9.17, 15) is 4.39 Å². The highest BCUT2D eigenvalue weighted by Crippen LogP contribution is 2.18. The number of benzene rings is 1. The second-order valence-corrected chi connectivity index (χ2v) is 3.88. The molecule has 2 rings (SSSR count). The van der Waals surface area contributed by atoms with E-state index in [0.29, 0.717) is 5.90 Å². The smallest absolute Gasteiger partial charge is 0.219 e. The predicted molar refractivity (Wildman–Crippen MR) is 68.2 cm³/mol. The van der Waals surface area contributed by atoms with Crippen molar-refractivity contribution in [2.24, 2.45) is 16.8 Å². The molecule has 18 heavy (non-hydrogen) atoms. The van der Waals surface area contributed by atoms with E-state index >= 15 is 0 Å². The van der Waals surface area contributed by atoms with E-state index in [1.165, 1.54) is 6.07 Å². The number of rotatable bonds is 2. The number of hydrogen-bond donors (Lipinski definition) is 2. The summed E-state index contributed by atoms with van der Waals surface area (Å²) in [6, 6.07) is 6.18. The van der Waals surface area contributed by atoms with Crippen molar-refractivity contribution in [3.8, 4) is 5.75 Å². The molecule has 4 nitrogen and oxygen atoms in total. The van der Waals surface area contributed by atoms with E-state index in [1.54, 1.807) is 30.5 Å². The Bertz CT molecular complexity index is 523. The molecule has 1 heterocycles. The number of nitrogens with zero attached hydrogens (tertiary/aromatic N) is 1. The number of hydrogen-bond acceptors (Lipinski definition) is 4. The highest BCUT2D eigenvalue weighted by Gasteiger charge is 2.10. The fourth-order valence-corrected chi connectivity index (χ4v) is 1.49. The zero-order valence-corrected chi connectivity index (χ0v) is 9.93. The van der Waals surface area contributed by atoms with Crippen molar-refractivity contribution in [3.63, 3.8) is 0 Å². The van der Waals surface area contributed by atoms with Crippen LogP contribution >= 0.6 is 0 Å². The van der Waals surface area contributed by atoms with E-state index in [2.05, 4.69) is 10.4 Å². The first kappa shape index (κ1) is 12.3. The fraction of sp³-hybridized carbons (Fsp3) is 0.154. The number of hydrazine groups is 1. The predicted octanol–water partition coefficient (Wildman–Crippen LogP) is 2.11. The summed E-state index contributed by atoms with van der Waals surface area (Å²) >= 11 is 0. The Morgan fingerprint density at radius 3 is 2.89 bits per heavy atom. The largest absolute Gasteiger partial charge is 0.436 e. The van der Waals surface area contributed by atoms with Gasteiger partial charge in [0.2, 0.25) is 5.90 Å². The normalized spacial score (nSPS) is 18.7. The van der Waals surface area contributed by atoms with Crippen LogP contribution < -0.4 is 16.0 Å². The molecule has 0 radical (unpaired) electrons. The molecule has 0 saturated carbocycles. The van der Waals surface area contributed by atoms with Gasteiger partial charge in [0, 0.05) is 5.92 Å². The highest BCUT2D eigenvalue weighted by molar-refractivity contribution is 5.90. The Morgan fingerprint density at radius 2 is 2.17 bits per heavy atom. The van der Waals surface area contributed by atoms with Gasteiger partial charge in [-0.3, -0.25) is 5.84 Å². The quantitative estimate of drug-likeness (QED) is 0.621. The van der Waals surface area contributed by atoms with E-state index in [4.69, 9.17) is 10.6 Å². The standard InChI is InChI=1S/C13H14FN3O/c1-9-6-7-13(16-8-11(9)17-15)18-12-5-3-2-4-10(12)14/h2-9,17H,15H2,1H3. The molecule has 5 heteroatoms. The lowest BCUT2D eigenvalue weighted by atomic mass is 10.1. The summed E-state index contributed by atoms with van der Waals surface area (Å²) < 4.78 is 18.8. The van der Waals surface area contributed by atoms with Gasteiger partial charge in [-0.25, -0.2) is 9.38 Å². The summed E-state index contributed by atoms with van der Waals surface area (Å²) in [6.45, 7) is 1.96. The zero-order valence-electron chi connectivity index (χ0n) is 9.93. The van der Waals surface area contributed by atoms with Crippen LogP contribution in [0.1, 0.15) is 6.92 Å². The van der Waals surface area contributed by atoms with Crippen LogP contribution in [0.3, 0.4) is 0 Å². The second kappa shape index (κ2) is 5.46. The van der Waals surface area contributed by atoms with Crippen molar-refractivity contribution in [3.05, 3.63) is 54.1 Å². The van der Waals surface area contributed by atoms with Crippen LogP contribution in [0.25, 0.3) is 0 Å². The van der Waals surface area contributed by atoms with E-state index in [0.717, 1.165) is 5.70 Å². The summed E-state index contributed by atoms with van der Waals surface area (Å²) in [7, 11) is 0. The van der Waals surface area contributed by atoms with Gasteiger partial charge in [-0.05, 0) is 18.2 Å². The SMILES string of the molecule is CC1C=CC(Oc2ccccc2F)=NC=C1NN. The number of halogens is 1. The first-order valence-electron chi connectivity index (χ1n) is 5.56. The molecule has 94 valence electrons. The molecule has 1 aromatic carbocycles. The third-order valence-electron chi connectivity index (χ3n) is 2.57. The number of para-hydroxylation sites is 1. The van der Waals surface area contributed by atoms with Crippen LogP contribution in [0, 0.1) is 11.7 Å². The van der Waals surface area contributed by atoms with Crippen molar-refractivity contribution in [2.45, 2.75) is 6.92 Å². The Balaban J connectivity index is 2.20. The molecule has 1 aliphatic heterocycles. The molecule has 0 spiro atoms. The Morgan fingerprint density at radius 1 is 1.39 bits per heavy atom. The van der Waals surface area contributed by atoms with Crippen LogP contribution in [0.15, 0.2) is 53.3 Å². The van der Waals surface area contributed by atoms with Crippen LogP contribution in [-0.2, 0) is 0 Å². The average molecular weight is 247 g/mol. The minimum absolute atomic E-state index is 0.0977. The monoisotopic (exact) mass is 247 g/mol. The summed E-state index contributed by atoms with van der Waals surface area (Å²) in [5, 5.41) is 0. The van der Waals surface area contributed by atoms with Crippen LogP contribution in [0.4, 0.5) is 4.39 Å². The lowest BCUT2D eigenvalue weighted by molar-refractivity contribution is 0.494. The molecule has 1 atom stereocenters. The molecule has 0 saturated heterocycles. The number of nitrogens with two attached hydrogens (primary N) is 1. The Labute approximate surface area is 105 Å². The Kier molecular flexibility index (Phi) is 3.74. The van der Waals surface area contributed by atoms with Crippen molar-refractivity contribution < 1.29 is 9.13 Å². The molecule has 0 amide bonds. The molecule has 1 unspecified atom stereocenters. The second-order valence-electron chi connectivity index (χ2n) is 3.88. The van der Waals surface area contributed by atoms with Gasteiger partial charge in [0.25, 0.3) is 0 Å². The number of aliphatic imine (C=N–C) groups is 1. The topological polar surface area (TPSA) is 59.6 Å². The molecular formula is C13H14FN3O. The van der Waals surface area contributed by atoms with Crippen LogP contribution in [-0.4, -0.2) is 5.90 Å². The number of nitrogens with one attached hydrogen (secondary N) is 1. The van der Waals surface area contributed by atoms with E-state index in [1.807, 2.05) is 13.0 Å². The van der Waals surface area contributed by atoms with Gasteiger partial charge in [-0.2, -0.15) is 0 Å². The number of allylic oxidation sites excluding steroid dienone is 1. The minimum atomic E-state index is -0.424. The van der Waals surface area contributed by atoms with Gasteiger partial charge < -0.3 is 10.2 Å². The molecule has 0 bridgehead atoms. The molecule has 3 N–H and O–H groups in total. The molecule has 0 fully saturated rings.